The molecule has 1 saturated heterocycles. The lowest BCUT2D eigenvalue weighted by Gasteiger charge is -2.37. The van der Waals surface area contributed by atoms with E-state index in [1.54, 1.807) is 7.11 Å². The van der Waals surface area contributed by atoms with Gasteiger partial charge >= 0.3 is 6.09 Å². The van der Waals surface area contributed by atoms with E-state index in [-0.39, 0.29) is 18.6 Å². The van der Waals surface area contributed by atoms with Crippen molar-refractivity contribution in [3.05, 3.63) is 77.4 Å². The predicted octanol–water partition coefficient (Wildman–Crippen LogP) is 4.39. The third kappa shape index (κ3) is 4.50. The smallest absolute Gasteiger partial charge is 0.407 e. The third-order valence-corrected chi connectivity index (χ3v) is 6.04. The lowest BCUT2D eigenvalue weighted by atomic mass is 9.86. The number of hydrogen-bond acceptors (Lipinski definition) is 4. The zero-order valence-corrected chi connectivity index (χ0v) is 17.5. The van der Waals surface area contributed by atoms with Crippen molar-refractivity contribution in [2.24, 2.45) is 0 Å². The number of rotatable bonds is 6. The highest BCUT2D eigenvalue weighted by atomic mass is 16.5. The normalized spacial score (nSPS) is 18.8. The van der Waals surface area contributed by atoms with Gasteiger partial charge in [-0.1, -0.05) is 60.7 Å². The third-order valence-electron chi connectivity index (χ3n) is 6.04. The number of carboxylic acid groups (broad SMARTS) is 1. The summed E-state index contributed by atoms with van der Waals surface area (Å²) in [7, 11) is 1.66. The lowest BCUT2D eigenvalue weighted by molar-refractivity contribution is -0.0204. The SMILES string of the molecule is COc1c(COC2CN(C(=O)O)CCC2c2ccc(CO)cc2)ccc2ccccc12. The number of likely N-dealkylation sites (tertiary alicyclic amines) is 1. The molecule has 0 radical (unpaired) electrons. The van der Waals surface area contributed by atoms with Gasteiger partial charge in [0.15, 0.2) is 0 Å². The summed E-state index contributed by atoms with van der Waals surface area (Å²) in [5, 5.41) is 20.9. The molecule has 1 heterocycles. The van der Waals surface area contributed by atoms with Crippen LogP contribution in [0, 0.1) is 0 Å². The largest absolute Gasteiger partial charge is 0.496 e. The van der Waals surface area contributed by atoms with Crippen LogP contribution in [-0.4, -0.2) is 47.5 Å². The second-order valence-corrected chi connectivity index (χ2v) is 7.85. The molecule has 1 aliphatic heterocycles. The Bertz CT molecular complexity index is 1050. The van der Waals surface area contributed by atoms with E-state index in [0.29, 0.717) is 26.1 Å². The monoisotopic (exact) mass is 421 g/mol. The first-order valence-corrected chi connectivity index (χ1v) is 10.4. The number of amides is 1. The van der Waals surface area contributed by atoms with E-state index in [1.165, 1.54) is 4.90 Å². The molecule has 3 aromatic carbocycles. The average molecular weight is 421 g/mol. The Morgan fingerprint density at radius 3 is 2.58 bits per heavy atom. The molecule has 6 heteroatoms. The molecule has 0 aromatic heterocycles. The number of benzene rings is 3. The summed E-state index contributed by atoms with van der Waals surface area (Å²) in [4.78, 5) is 13.0. The Labute approximate surface area is 181 Å². The average Bonchev–Trinajstić information content (AvgIpc) is 2.82. The minimum absolute atomic E-state index is 0.000570. The van der Waals surface area contributed by atoms with E-state index < -0.39 is 6.09 Å². The molecule has 0 bridgehead atoms. The van der Waals surface area contributed by atoms with Crippen molar-refractivity contribution in [2.45, 2.75) is 31.7 Å². The zero-order valence-electron chi connectivity index (χ0n) is 17.5. The molecule has 1 fully saturated rings. The number of nitrogens with zero attached hydrogens (tertiary/aromatic N) is 1. The Balaban J connectivity index is 1.58. The molecule has 1 amide bonds. The Kier molecular flexibility index (Phi) is 6.39. The highest BCUT2D eigenvalue weighted by Gasteiger charge is 2.33. The molecule has 0 aliphatic carbocycles. The van der Waals surface area contributed by atoms with E-state index >= 15 is 0 Å². The maximum atomic E-state index is 11.6. The summed E-state index contributed by atoms with van der Waals surface area (Å²) in [5.74, 6) is 0.864. The maximum absolute atomic E-state index is 11.6. The van der Waals surface area contributed by atoms with E-state index in [1.807, 2.05) is 60.7 Å². The summed E-state index contributed by atoms with van der Waals surface area (Å²) >= 11 is 0. The first-order valence-electron chi connectivity index (χ1n) is 10.4. The number of aliphatic hydroxyl groups is 1. The molecule has 2 N–H and O–H groups in total. The van der Waals surface area contributed by atoms with Crippen LogP contribution in [0.15, 0.2) is 60.7 Å². The van der Waals surface area contributed by atoms with Crippen LogP contribution in [0.3, 0.4) is 0 Å². The molecular weight excluding hydrogens is 394 g/mol. The Morgan fingerprint density at radius 2 is 1.87 bits per heavy atom. The number of fused-ring (bicyclic) bond motifs is 1. The van der Waals surface area contributed by atoms with Gasteiger partial charge in [-0.05, 0) is 22.9 Å². The van der Waals surface area contributed by atoms with Gasteiger partial charge in [-0.25, -0.2) is 4.79 Å². The van der Waals surface area contributed by atoms with Crippen molar-refractivity contribution in [1.82, 2.24) is 4.90 Å². The second-order valence-electron chi connectivity index (χ2n) is 7.85. The van der Waals surface area contributed by atoms with Gasteiger partial charge in [0.25, 0.3) is 0 Å². The maximum Gasteiger partial charge on any atom is 0.407 e. The number of ether oxygens (including phenoxy) is 2. The summed E-state index contributed by atoms with van der Waals surface area (Å²) in [5.41, 5.74) is 2.88. The molecule has 3 aromatic rings. The lowest BCUT2D eigenvalue weighted by Crippen LogP contribution is -2.46. The Morgan fingerprint density at radius 1 is 1.10 bits per heavy atom. The summed E-state index contributed by atoms with van der Waals surface area (Å²) in [6, 6.07) is 19.9. The van der Waals surface area contributed by atoms with Gasteiger partial charge < -0.3 is 24.6 Å². The Hall–Kier alpha value is -3.09. The van der Waals surface area contributed by atoms with Crippen LogP contribution in [0.5, 0.6) is 5.75 Å². The van der Waals surface area contributed by atoms with Gasteiger partial charge in [0, 0.05) is 23.4 Å². The molecule has 0 spiro atoms. The summed E-state index contributed by atoms with van der Waals surface area (Å²) in [6.45, 7) is 1.12. The van der Waals surface area contributed by atoms with Crippen molar-refractivity contribution >= 4 is 16.9 Å². The van der Waals surface area contributed by atoms with Crippen molar-refractivity contribution in [2.75, 3.05) is 20.2 Å². The molecule has 162 valence electrons. The topological polar surface area (TPSA) is 79.2 Å². The molecular formula is C25H27NO5. The fourth-order valence-corrected chi connectivity index (χ4v) is 4.35. The molecule has 6 nitrogen and oxygen atoms in total. The number of carbonyl (C=O) groups is 1. The van der Waals surface area contributed by atoms with Gasteiger partial charge in [-0.3, -0.25) is 0 Å². The number of methoxy groups -OCH3 is 1. The van der Waals surface area contributed by atoms with Crippen molar-refractivity contribution in [1.29, 1.82) is 0 Å². The van der Waals surface area contributed by atoms with Crippen LogP contribution in [0.2, 0.25) is 0 Å². The molecule has 4 rings (SSSR count). The van der Waals surface area contributed by atoms with Crippen LogP contribution in [-0.2, 0) is 18.0 Å². The van der Waals surface area contributed by atoms with Gasteiger partial charge in [0.2, 0.25) is 0 Å². The van der Waals surface area contributed by atoms with Crippen LogP contribution in [0.4, 0.5) is 4.79 Å². The van der Waals surface area contributed by atoms with E-state index in [2.05, 4.69) is 0 Å². The van der Waals surface area contributed by atoms with Gasteiger partial charge in [-0.2, -0.15) is 0 Å². The number of hydrogen-bond donors (Lipinski definition) is 2. The van der Waals surface area contributed by atoms with E-state index in [9.17, 15) is 15.0 Å². The predicted molar refractivity (Wildman–Crippen MR) is 118 cm³/mol. The van der Waals surface area contributed by atoms with Gasteiger partial charge in [0.05, 0.1) is 33.0 Å². The second kappa shape index (κ2) is 9.37. The fourth-order valence-electron chi connectivity index (χ4n) is 4.35. The molecule has 0 saturated carbocycles. The van der Waals surface area contributed by atoms with Crippen LogP contribution >= 0.6 is 0 Å². The van der Waals surface area contributed by atoms with Crippen molar-refractivity contribution < 1.29 is 24.5 Å². The standard InChI is InChI=1S/C25H27NO5/c1-30-24-20(11-10-18-4-2-3-5-22(18)24)16-31-23-14-26(25(28)29)13-12-21(23)19-8-6-17(15-27)7-9-19/h2-11,21,23,27H,12-16H2,1H3,(H,28,29). The van der Waals surface area contributed by atoms with E-state index in [0.717, 1.165) is 33.2 Å². The number of aliphatic hydroxyl groups excluding tert-OH is 1. The summed E-state index contributed by atoms with van der Waals surface area (Å²) < 4.78 is 12.0. The van der Waals surface area contributed by atoms with Crippen LogP contribution in [0.1, 0.15) is 29.0 Å². The molecule has 2 atom stereocenters. The van der Waals surface area contributed by atoms with Crippen LogP contribution < -0.4 is 4.74 Å². The van der Waals surface area contributed by atoms with Gasteiger partial charge in [-0.15, -0.1) is 0 Å². The molecule has 2 unspecified atom stereocenters. The molecule has 31 heavy (non-hydrogen) atoms. The first kappa shape index (κ1) is 21.2. The van der Waals surface area contributed by atoms with Crippen molar-refractivity contribution in [3.63, 3.8) is 0 Å². The van der Waals surface area contributed by atoms with E-state index in [4.69, 9.17) is 9.47 Å². The minimum Gasteiger partial charge on any atom is -0.496 e. The summed E-state index contributed by atoms with van der Waals surface area (Å²) in [6.07, 6.45) is -0.517. The number of piperidine rings is 1. The fraction of sp³-hybridized carbons (Fsp3) is 0.320. The first-order chi connectivity index (χ1) is 15.1. The quantitative estimate of drug-likeness (QED) is 0.617. The highest BCUT2D eigenvalue weighted by molar-refractivity contribution is 5.89. The van der Waals surface area contributed by atoms with Crippen molar-refractivity contribution in [3.8, 4) is 5.75 Å². The minimum atomic E-state index is -0.925. The van der Waals surface area contributed by atoms with Crippen LogP contribution in [0.25, 0.3) is 10.8 Å². The highest BCUT2D eigenvalue weighted by Crippen LogP contribution is 2.34. The molecule has 1 aliphatic rings. The van der Waals surface area contributed by atoms with Gasteiger partial charge in [0.1, 0.15) is 5.75 Å². The zero-order chi connectivity index (χ0) is 21.8.